The van der Waals surface area contributed by atoms with Gasteiger partial charge >= 0.3 is 0 Å². The molecule has 6 heteroatoms. The van der Waals surface area contributed by atoms with Gasteiger partial charge in [0.15, 0.2) is 5.82 Å². The molecule has 1 aromatic carbocycles. The molecule has 100 valence electrons. The molecular weight excluding hydrogens is 310 g/mol. The maximum absolute atomic E-state index is 5.99. The van der Waals surface area contributed by atoms with Crippen molar-refractivity contribution in [2.75, 3.05) is 12.3 Å². The van der Waals surface area contributed by atoms with Crippen LogP contribution in [0.3, 0.4) is 0 Å². The van der Waals surface area contributed by atoms with Crippen LogP contribution < -0.4 is 5.73 Å². The largest absolute Gasteiger partial charge is 0.397 e. The molecule has 2 N–H and O–H groups in total. The zero-order valence-electron chi connectivity index (χ0n) is 10.3. The molecule has 0 amide bonds. The molecule has 19 heavy (non-hydrogen) atoms. The Kier molecular flexibility index (Phi) is 3.52. The molecule has 1 aliphatic rings. The summed E-state index contributed by atoms with van der Waals surface area (Å²) in [5.74, 6) is 1.12. The number of benzene rings is 1. The summed E-state index contributed by atoms with van der Waals surface area (Å²) < 4.78 is 11.7. The van der Waals surface area contributed by atoms with Crippen molar-refractivity contribution in [3.05, 3.63) is 28.5 Å². The normalized spacial score (nSPS) is 18.9. The maximum atomic E-state index is 5.99. The van der Waals surface area contributed by atoms with Gasteiger partial charge in [0.1, 0.15) is 0 Å². The third kappa shape index (κ3) is 2.64. The van der Waals surface area contributed by atoms with Crippen molar-refractivity contribution < 1.29 is 9.26 Å². The van der Waals surface area contributed by atoms with Crippen LogP contribution in [0.5, 0.6) is 0 Å². The van der Waals surface area contributed by atoms with Crippen LogP contribution in [-0.2, 0) is 11.2 Å². The first-order valence-corrected chi connectivity index (χ1v) is 7.02. The highest BCUT2D eigenvalue weighted by molar-refractivity contribution is 9.10. The van der Waals surface area contributed by atoms with Crippen molar-refractivity contribution in [1.82, 2.24) is 10.1 Å². The predicted molar refractivity (Wildman–Crippen MR) is 74.5 cm³/mol. The minimum Gasteiger partial charge on any atom is -0.397 e. The van der Waals surface area contributed by atoms with Crippen LogP contribution in [0.4, 0.5) is 5.69 Å². The van der Waals surface area contributed by atoms with Gasteiger partial charge < -0.3 is 15.0 Å². The summed E-state index contributed by atoms with van der Waals surface area (Å²) in [7, 11) is 0. The zero-order valence-corrected chi connectivity index (χ0v) is 11.9. The Bertz CT molecular complexity index is 579. The van der Waals surface area contributed by atoms with Crippen LogP contribution in [0, 0.1) is 0 Å². The smallest absolute Gasteiger partial charge is 0.260 e. The lowest BCUT2D eigenvalue weighted by Crippen LogP contribution is -2.09. The molecule has 1 unspecified atom stereocenters. The Hall–Kier alpha value is -1.40. The van der Waals surface area contributed by atoms with Gasteiger partial charge in [0.25, 0.3) is 5.89 Å². The third-order valence-electron chi connectivity index (χ3n) is 3.19. The van der Waals surface area contributed by atoms with Crippen molar-refractivity contribution in [3.8, 4) is 11.5 Å². The fraction of sp³-hybridized carbons (Fsp3) is 0.385. The molecule has 0 radical (unpaired) electrons. The Morgan fingerprint density at radius 2 is 2.32 bits per heavy atom. The summed E-state index contributed by atoms with van der Waals surface area (Å²) in [6, 6.07) is 5.63. The summed E-state index contributed by atoms with van der Waals surface area (Å²) >= 11 is 3.39. The first-order chi connectivity index (χ1) is 9.24. The van der Waals surface area contributed by atoms with Gasteiger partial charge in [-0.25, -0.2) is 0 Å². The van der Waals surface area contributed by atoms with E-state index in [2.05, 4.69) is 26.1 Å². The van der Waals surface area contributed by atoms with Crippen LogP contribution in [0.2, 0.25) is 0 Å². The van der Waals surface area contributed by atoms with Gasteiger partial charge in [0.2, 0.25) is 0 Å². The minimum atomic E-state index is 0.213. The van der Waals surface area contributed by atoms with Gasteiger partial charge in [0, 0.05) is 17.5 Å². The van der Waals surface area contributed by atoms with Gasteiger partial charge in [-0.2, -0.15) is 4.98 Å². The molecule has 1 atom stereocenters. The van der Waals surface area contributed by atoms with Crippen molar-refractivity contribution in [2.45, 2.75) is 25.4 Å². The van der Waals surface area contributed by atoms with E-state index in [1.54, 1.807) is 0 Å². The number of ether oxygens (including phenoxy) is 1. The van der Waals surface area contributed by atoms with Crippen molar-refractivity contribution >= 4 is 21.6 Å². The van der Waals surface area contributed by atoms with Crippen molar-refractivity contribution in [3.63, 3.8) is 0 Å². The standard InChI is InChI=1S/C13H14BrN3O2/c14-10-5-1-4-9(12(10)15)13-16-11(17-19-13)7-8-3-2-6-18-8/h1,4-5,8H,2-3,6-7,15H2. The molecule has 3 rings (SSSR count). The lowest BCUT2D eigenvalue weighted by Gasteiger charge is -2.04. The SMILES string of the molecule is Nc1c(Br)cccc1-c1nc(CC2CCCO2)no1. The van der Waals surface area contributed by atoms with E-state index in [0.717, 1.165) is 29.5 Å². The number of halogens is 1. The Morgan fingerprint density at radius 1 is 1.42 bits per heavy atom. The number of nitrogen functional groups attached to an aromatic ring is 1. The Balaban J connectivity index is 1.82. The third-order valence-corrected chi connectivity index (χ3v) is 3.88. The van der Waals surface area contributed by atoms with E-state index in [9.17, 15) is 0 Å². The van der Waals surface area contributed by atoms with Crippen LogP contribution in [0.1, 0.15) is 18.7 Å². The molecule has 2 aromatic rings. The second-order valence-electron chi connectivity index (χ2n) is 4.56. The monoisotopic (exact) mass is 323 g/mol. The number of anilines is 1. The average molecular weight is 324 g/mol. The lowest BCUT2D eigenvalue weighted by molar-refractivity contribution is 0.109. The fourth-order valence-corrected chi connectivity index (χ4v) is 2.54. The minimum absolute atomic E-state index is 0.213. The van der Waals surface area contributed by atoms with Gasteiger partial charge in [0.05, 0.1) is 17.4 Å². The molecule has 1 fully saturated rings. The molecule has 1 aliphatic heterocycles. The number of nitrogens with two attached hydrogens (primary N) is 1. The number of hydrogen-bond donors (Lipinski definition) is 1. The fourth-order valence-electron chi connectivity index (χ4n) is 2.18. The zero-order chi connectivity index (χ0) is 13.2. The molecule has 1 aromatic heterocycles. The lowest BCUT2D eigenvalue weighted by atomic mass is 10.1. The molecular formula is C13H14BrN3O2. The molecule has 0 spiro atoms. The number of hydrogen-bond acceptors (Lipinski definition) is 5. The van der Waals surface area contributed by atoms with Crippen LogP contribution in [0.15, 0.2) is 27.2 Å². The van der Waals surface area contributed by atoms with E-state index in [4.69, 9.17) is 15.0 Å². The van der Waals surface area contributed by atoms with E-state index in [1.165, 1.54) is 0 Å². The summed E-state index contributed by atoms with van der Waals surface area (Å²) in [6.45, 7) is 0.827. The molecule has 0 aliphatic carbocycles. The quantitative estimate of drug-likeness (QED) is 0.879. The highest BCUT2D eigenvalue weighted by Gasteiger charge is 2.20. The van der Waals surface area contributed by atoms with Gasteiger partial charge in [-0.3, -0.25) is 0 Å². The predicted octanol–water partition coefficient (Wildman–Crippen LogP) is 2.80. The van der Waals surface area contributed by atoms with Crippen LogP contribution >= 0.6 is 15.9 Å². The molecule has 0 saturated carbocycles. The van der Waals surface area contributed by atoms with Gasteiger partial charge in [-0.05, 0) is 40.9 Å². The number of para-hydroxylation sites is 1. The summed E-state index contributed by atoms with van der Waals surface area (Å²) in [4.78, 5) is 4.39. The summed E-state index contributed by atoms with van der Waals surface area (Å²) in [5, 5.41) is 3.99. The van der Waals surface area contributed by atoms with E-state index >= 15 is 0 Å². The molecule has 0 bridgehead atoms. The molecule has 1 saturated heterocycles. The van der Waals surface area contributed by atoms with Crippen LogP contribution in [-0.4, -0.2) is 22.9 Å². The van der Waals surface area contributed by atoms with Crippen LogP contribution in [0.25, 0.3) is 11.5 Å². The second kappa shape index (κ2) is 5.30. The highest BCUT2D eigenvalue weighted by atomic mass is 79.9. The van der Waals surface area contributed by atoms with E-state index in [-0.39, 0.29) is 6.10 Å². The van der Waals surface area contributed by atoms with E-state index in [1.807, 2.05) is 18.2 Å². The van der Waals surface area contributed by atoms with Crippen molar-refractivity contribution in [2.24, 2.45) is 0 Å². The van der Waals surface area contributed by atoms with Crippen molar-refractivity contribution in [1.29, 1.82) is 0 Å². The maximum Gasteiger partial charge on any atom is 0.260 e. The summed E-state index contributed by atoms with van der Waals surface area (Å²) in [5.41, 5.74) is 7.34. The highest BCUT2D eigenvalue weighted by Crippen LogP contribution is 2.30. The Morgan fingerprint density at radius 3 is 3.11 bits per heavy atom. The first-order valence-electron chi connectivity index (χ1n) is 6.22. The Labute approximate surface area is 119 Å². The van der Waals surface area contributed by atoms with Gasteiger partial charge in [-0.1, -0.05) is 11.2 Å². The number of aromatic nitrogens is 2. The molecule has 2 heterocycles. The van der Waals surface area contributed by atoms with E-state index in [0.29, 0.717) is 23.8 Å². The average Bonchev–Trinajstić information content (AvgIpc) is 3.05. The topological polar surface area (TPSA) is 74.2 Å². The first kappa shape index (κ1) is 12.6. The number of nitrogens with zero attached hydrogens (tertiary/aromatic N) is 2. The number of rotatable bonds is 3. The van der Waals surface area contributed by atoms with E-state index < -0.39 is 0 Å². The van der Waals surface area contributed by atoms with Gasteiger partial charge in [-0.15, -0.1) is 0 Å². The second-order valence-corrected chi connectivity index (χ2v) is 5.41. The summed E-state index contributed by atoms with van der Waals surface area (Å²) in [6.07, 6.45) is 3.07. The molecule has 5 nitrogen and oxygen atoms in total.